The van der Waals surface area contributed by atoms with E-state index in [0.29, 0.717) is 10.8 Å². The van der Waals surface area contributed by atoms with Gasteiger partial charge in [0.1, 0.15) is 7.11 Å². The summed E-state index contributed by atoms with van der Waals surface area (Å²) in [7, 11) is 1.54. The van der Waals surface area contributed by atoms with Crippen molar-refractivity contribution in [2.75, 3.05) is 12.9 Å². The van der Waals surface area contributed by atoms with Crippen LogP contribution in [0.3, 0.4) is 0 Å². The third-order valence-corrected chi connectivity index (χ3v) is 4.04. The number of halogens is 2. The summed E-state index contributed by atoms with van der Waals surface area (Å²) < 4.78 is 0. The molecule has 0 radical (unpaired) electrons. The van der Waals surface area contributed by atoms with Crippen LogP contribution in [0.25, 0.3) is 0 Å². The van der Waals surface area contributed by atoms with E-state index in [9.17, 15) is 0 Å². The molecule has 0 aliphatic rings. The highest BCUT2D eigenvalue weighted by atomic mass is 35.5. The molecule has 0 bridgehead atoms. The largest absolute Gasteiger partial charge is 0.399 e. The highest BCUT2D eigenvalue weighted by Gasteiger charge is 2.06. The molecule has 2 rings (SSSR count). The second kappa shape index (κ2) is 7.58. The maximum absolute atomic E-state index is 5.97. The number of hydrogen-bond acceptors (Lipinski definition) is 3. The van der Waals surface area contributed by atoms with Crippen LogP contribution in [0, 0.1) is 0 Å². The van der Waals surface area contributed by atoms with Gasteiger partial charge in [-0.25, -0.2) is 0 Å². The fraction of sp³-hybridized carbons (Fsp3) is 0.133. The van der Waals surface area contributed by atoms with Crippen LogP contribution in [-0.4, -0.2) is 18.6 Å². The molecule has 0 N–H and O–H groups in total. The van der Waals surface area contributed by atoms with E-state index >= 15 is 0 Å². The molecule has 0 aliphatic carbocycles. The maximum Gasteiger partial charge on any atom is 0.106 e. The van der Waals surface area contributed by atoms with Crippen molar-refractivity contribution in [1.29, 1.82) is 0 Å². The van der Waals surface area contributed by atoms with Crippen molar-refractivity contribution in [3.05, 3.63) is 64.1 Å². The number of rotatable bonds is 5. The van der Waals surface area contributed by atoms with Gasteiger partial charge in [0, 0.05) is 26.3 Å². The summed E-state index contributed by atoms with van der Waals surface area (Å²) in [6.07, 6.45) is 0. The third-order valence-electron chi connectivity index (χ3n) is 2.55. The SMILES string of the molecule is CO/N=C(/CSc1cccc(Cl)c1)c1ccc(Cl)cc1. The van der Waals surface area contributed by atoms with Gasteiger partial charge in [-0.05, 0) is 30.3 Å². The number of benzene rings is 2. The number of hydrogen-bond donors (Lipinski definition) is 0. The first-order valence-electron chi connectivity index (χ1n) is 5.93. The minimum Gasteiger partial charge on any atom is -0.399 e. The molecule has 0 heterocycles. The van der Waals surface area contributed by atoms with Crippen molar-refractivity contribution >= 4 is 40.7 Å². The summed E-state index contributed by atoms with van der Waals surface area (Å²) in [5, 5.41) is 5.51. The minimum atomic E-state index is 0.690. The van der Waals surface area contributed by atoms with Crippen LogP contribution in [0.15, 0.2) is 58.6 Å². The van der Waals surface area contributed by atoms with Gasteiger partial charge < -0.3 is 4.84 Å². The Kier molecular flexibility index (Phi) is 5.77. The van der Waals surface area contributed by atoms with E-state index in [1.54, 1.807) is 18.9 Å². The molecule has 20 heavy (non-hydrogen) atoms. The van der Waals surface area contributed by atoms with Gasteiger partial charge >= 0.3 is 0 Å². The van der Waals surface area contributed by atoms with Gasteiger partial charge in [-0.1, -0.05) is 46.6 Å². The van der Waals surface area contributed by atoms with Gasteiger partial charge in [-0.15, -0.1) is 11.8 Å². The second-order valence-electron chi connectivity index (χ2n) is 3.97. The Morgan fingerprint density at radius 3 is 2.50 bits per heavy atom. The zero-order valence-corrected chi connectivity index (χ0v) is 13.2. The highest BCUT2D eigenvalue weighted by molar-refractivity contribution is 8.00. The first kappa shape index (κ1) is 15.2. The monoisotopic (exact) mass is 325 g/mol. The Bertz CT molecular complexity index is 599. The van der Waals surface area contributed by atoms with Crippen LogP contribution in [0.5, 0.6) is 0 Å². The molecule has 0 spiro atoms. The van der Waals surface area contributed by atoms with E-state index in [0.717, 1.165) is 21.2 Å². The van der Waals surface area contributed by atoms with Crippen LogP contribution in [0.4, 0.5) is 0 Å². The summed E-state index contributed by atoms with van der Waals surface area (Å²) in [6, 6.07) is 15.3. The first-order chi connectivity index (χ1) is 9.69. The Balaban J connectivity index is 2.10. The molecule has 5 heteroatoms. The lowest BCUT2D eigenvalue weighted by molar-refractivity contribution is 0.213. The van der Waals surface area contributed by atoms with Gasteiger partial charge in [-0.3, -0.25) is 0 Å². The number of thioether (sulfide) groups is 1. The van der Waals surface area contributed by atoms with E-state index < -0.39 is 0 Å². The summed E-state index contributed by atoms with van der Waals surface area (Å²) in [5.74, 6) is 0.690. The molecule has 0 aliphatic heterocycles. The van der Waals surface area contributed by atoms with Crippen molar-refractivity contribution in [3.8, 4) is 0 Å². The predicted octanol–water partition coefficient (Wildman–Crippen LogP) is 5.14. The lowest BCUT2D eigenvalue weighted by Crippen LogP contribution is -2.05. The molecule has 2 aromatic rings. The topological polar surface area (TPSA) is 21.6 Å². The molecule has 0 atom stereocenters. The van der Waals surface area contributed by atoms with Gasteiger partial charge in [0.05, 0.1) is 5.71 Å². The van der Waals surface area contributed by atoms with Gasteiger partial charge in [0.15, 0.2) is 0 Å². The number of nitrogens with zero attached hydrogens (tertiary/aromatic N) is 1. The molecule has 0 saturated heterocycles. The summed E-state index contributed by atoms with van der Waals surface area (Å²) >= 11 is 13.5. The molecular weight excluding hydrogens is 313 g/mol. The van der Waals surface area contributed by atoms with E-state index in [-0.39, 0.29) is 0 Å². The van der Waals surface area contributed by atoms with E-state index in [2.05, 4.69) is 5.16 Å². The van der Waals surface area contributed by atoms with E-state index in [4.69, 9.17) is 28.0 Å². The van der Waals surface area contributed by atoms with Crippen LogP contribution < -0.4 is 0 Å². The molecule has 0 fully saturated rings. The molecule has 104 valence electrons. The van der Waals surface area contributed by atoms with Crippen LogP contribution in [0.2, 0.25) is 10.0 Å². The summed E-state index contributed by atoms with van der Waals surface area (Å²) in [5.41, 5.74) is 1.85. The lowest BCUT2D eigenvalue weighted by Gasteiger charge is -2.06. The van der Waals surface area contributed by atoms with E-state index in [1.165, 1.54) is 0 Å². The smallest absolute Gasteiger partial charge is 0.106 e. The second-order valence-corrected chi connectivity index (χ2v) is 5.90. The zero-order chi connectivity index (χ0) is 14.4. The Morgan fingerprint density at radius 1 is 1.10 bits per heavy atom. The van der Waals surface area contributed by atoms with Crippen LogP contribution in [-0.2, 0) is 4.84 Å². The van der Waals surface area contributed by atoms with E-state index in [1.807, 2.05) is 48.5 Å². The third kappa shape index (κ3) is 4.44. The highest BCUT2D eigenvalue weighted by Crippen LogP contribution is 2.23. The fourth-order valence-electron chi connectivity index (χ4n) is 1.62. The van der Waals surface area contributed by atoms with Crippen molar-refractivity contribution in [2.45, 2.75) is 4.90 Å². The predicted molar refractivity (Wildman–Crippen MR) is 87.2 cm³/mol. The molecule has 0 unspecified atom stereocenters. The van der Waals surface area contributed by atoms with Gasteiger partial charge in [0.2, 0.25) is 0 Å². The van der Waals surface area contributed by atoms with Crippen molar-refractivity contribution in [2.24, 2.45) is 5.16 Å². The van der Waals surface area contributed by atoms with Crippen LogP contribution >= 0.6 is 35.0 Å². The maximum atomic E-state index is 5.97. The zero-order valence-electron chi connectivity index (χ0n) is 10.8. The standard InChI is InChI=1S/C15H13Cl2NOS/c1-19-18-15(11-5-7-12(16)8-6-11)10-20-14-4-2-3-13(17)9-14/h2-9H,10H2,1H3/b18-15-. The van der Waals surface area contributed by atoms with Crippen molar-refractivity contribution < 1.29 is 4.84 Å². The van der Waals surface area contributed by atoms with Gasteiger partial charge in [0.25, 0.3) is 0 Å². The Labute approximate surface area is 132 Å². The molecule has 0 saturated carbocycles. The molecule has 0 amide bonds. The molecule has 0 aromatic heterocycles. The van der Waals surface area contributed by atoms with Gasteiger partial charge in [-0.2, -0.15) is 0 Å². The molecular formula is C15H13Cl2NOS. The molecule has 2 nitrogen and oxygen atoms in total. The first-order valence-corrected chi connectivity index (χ1v) is 7.67. The normalized spacial score (nSPS) is 11.4. The Morgan fingerprint density at radius 2 is 1.85 bits per heavy atom. The minimum absolute atomic E-state index is 0.690. The summed E-state index contributed by atoms with van der Waals surface area (Å²) in [6.45, 7) is 0. The van der Waals surface area contributed by atoms with Crippen molar-refractivity contribution in [3.63, 3.8) is 0 Å². The van der Waals surface area contributed by atoms with Crippen molar-refractivity contribution in [1.82, 2.24) is 0 Å². The summed E-state index contributed by atoms with van der Waals surface area (Å²) in [4.78, 5) is 6.01. The molecule has 2 aromatic carbocycles. The average Bonchev–Trinajstić information content (AvgIpc) is 2.44. The number of oxime groups is 1. The average molecular weight is 326 g/mol. The lowest BCUT2D eigenvalue weighted by atomic mass is 10.1. The fourth-order valence-corrected chi connectivity index (χ4v) is 2.91. The van der Waals surface area contributed by atoms with Crippen LogP contribution in [0.1, 0.15) is 5.56 Å². The Hall–Kier alpha value is -1.16. The quantitative estimate of drug-likeness (QED) is 0.431.